The summed E-state index contributed by atoms with van der Waals surface area (Å²) in [7, 11) is -4.12. The number of rotatable bonds is 1. The van der Waals surface area contributed by atoms with Crippen LogP contribution in [0.2, 0.25) is 0 Å². The summed E-state index contributed by atoms with van der Waals surface area (Å²) in [6, 6.07) is 15.8. The average Bonchev–Trinajstić information content (AvgIpc) is 3.15. The highest BCUT2D eigenvalue weighted by atomic mass is 32.2. The number of aromatic nitrogens is 1. The molecule has 1 aliphatic rings. The molecular formula is C17H13F3N2O5S. The van der Waals surface area contributed by atoms with Gasteiger partial charge in [0.05, 0.1) is 5.69 Å². The lowest BCUT2D eigenvalue weighted by molar-refractivity contribution is -0.652. The van der Waals surface area contributed by atoms with Crippen LogP contribution < -0.4 is 14.6 Å². The highest BCUT2D eigenvalue weighted by molar-refractivity contribution is 7.86. The summed E-state index contributed by atoms with van der Waals surface area (Å²) in [6.07, 6.45) is 1.86. The Morgan fingerprint density at radius 2 is 1.71 bits per heavy atom. The Morgan fingerprint density at radius 1 is 1.11 bits per heavy atom. The number of alkyl halides is 3. The van der Waals surface area contributed by atoms with Crippen LogP contribution in [0.15, 0.2) is 58.8 Å². The molecule has 3 aromatic rings. The van der Waals surface area contributed by atoms with Crippen molar-refractivity contribution in [1.29, 1.82) is 0 Å². The first-order chi connectivity index (χ1) is 13.1. The second kappa shape index (κ2) is 7.17. The Morgan fingerprint density at radius 3 is 2.32 bits per heavy atom. The first-order valence-electron chi connectivity index (χ1n) is 7.71. The lowest BCUT2D eigenvalue weighted by atomic mass is 10.3. The zero-order valence-electron chi connectivity index (χ0n) is 14.2. The van der Waals surface area contributed by atoms with Crippen molar-refractivity contribution in [2.75, 3.05) is 5.32 Å². The minimum Gasteiger partial charge on any atom is -0.741 e. The smallest absolute Gasteiger partial charge is 0.485 e. The van der Waals surface area contributed by atoms with Gasteiger partial charge in [0.1, 0.15) is 13.1 Å². The number of aryl methyl sites for hydroxylation is 1. The molecule has 0 atom stereocenters. The molecule has 148 valence electrons. The van der Waals surface area contributed by atoms with Gasteiger partial charge in [-0.25, -0.2) is 8.42 Å². The molecule has 1 N–H and O–H groups in total. The molecule has 7 nitrogen and oxygen atoms in total. The van der Waals surface area contributed by atoms with Crippen LogP contribution in [0, 0.1) is 0 Å². The van der Waals surface area contributed by atoms with Gasteiger partial charge in [0.2, 0.25) is 11.5 Å². The molecule has 11 heteroatoms. The van der Waals surface area contributed by atoms with Gasteiger partial charge >= 0.3 is 11.4 Å². The van der Waals surface area contributed by atoms with Crippen LogP contribution >= 0.6 is 0 Å². The van der Waals surface area contributed by atoms with Crippen molar-refractivity contribution in [3.8, 4) is 5.75 Å². The fraction of sp³-hybridized carbons (Fsp3) is 0.118. The standard InChI is InChI=1S/C16H12N2O2.CHF3O3S/c1-18-12-7-3-5-9-14(12)20-16(18)10-15-17-11-6-2-4-8-13(11)19-15;2-1(3,4)8(5,6)7/h2-10H,1H3;(H,5,6,7). The van der Waals surface area contributed by atoms with E-state index >= 15 is 0 Å². The highest BCUT2D eigenvalue weighted by Crippen LogP contribution is 2.33. The number of benzene rings is 2. The SMILES string of the molecule is C[n+]1c(/C=C2\Nc3ccccc3O2)oc2ccccc21.O=S(=O)([O-])C(F)(F)F. The second-order valence-corrected chi connectivity index (χ2v) is 6.97. The van der Waals surface area contributed by atoms with E-state index in [-0.39, 0.29) is 0 Å². The summed E-state index contributed by atoms with van der Waals surface area (Å²) in [4.78, 5) is 0. The number of hydrogen-bond acceptors (Lipinski definition) is 6. The summed E-state index contributed by atoms with van der Waals surface area (Å²) in [5.74, 6) is 2.24. The Bertz CT molecular complexity index is 1130. The van der Waals surface area contributed by atoms with E-state index in [1.807, 2.05) is 66.2 Å². The molecule has 0 radical (unpaired) electrons. The van der Waals surface area contributed by atoms with E-state index in [2.05, 4.69) is 5.32 Å². The van der Waals surface area contributed by atoms with Gasteiger partial charge in [0.15, 0.2) is 15.9 Å². The zero-order chi connectivity index (χ0) is 20.5. The van der Waals surface area contributed by atoms with E-state index in [9.17, 15) is 13.2 Å². The van der Waals surface area contributed by atoms with E-state index in [0.717, 1.165) is 28.4 Å². The summed E-state index contributed by atoms with van der Waals surface area (Å²) in [6.45, 7) is 0. The zero-order valence-corrected chi connectivity index (χ0v) is 15.0. The number of hydrogen-bond donors (Lipinski definition) is 1. The topological polar surface area (TPSA) is 95.5 Å². The maximum Gasteiger partial charge on any atom is 0.485 e. The average molecular weight is 414 g/mol. The molecule has 0 saturated carbocycles. The van der Waals surface area contributed by atoms with E-state index in [0.29, 0.717) is 5.88 Å². The number of fused-ring (bicyclic) bond motifs is 2. The van der Waals surface area contributed by atoms with E-state index in [4.69, 9.17) is 22.1 Å². The summed E-state index contributed by atoms with van der Waals surface area (Å²) >= 11 is 0. The second-order valence-electron chi connectivity index (χ2n) is 5.60. The minimum absolute atomic E-state index is 0.667. The quantitative estimate of drug-likeness (QED) is 0.374. The predicted molar refractivity (Wildman–Crippen MR) is 91.8 cm³/mol. The molecule has 0 aliphatic carbocycles. The van der Waals surface area contributed by atoms with Crippen molar-refractivity contribution in [3.05, 3.63) is 60.3 Å². The van der Waals surface area contributed by atoms with Crippen LogP contribution in [0.3, 0.4) is 0 Å². The Labute approximate surface area is 157 Å². The largest absolute Gasteiger partial charge is 0.741 e. The molecule has 0 spiro atoms. The molecule has 0 saturated heterocycles. The normalized spacial score (nSPS) is 14.8. The number of nitrogens with one attached hydrogen (secondary N) is 1. The van der Waals surface area contributed by atoms with Gasteiger partial charge in [-0.3, -0.25) is 0 Å². The van der Waals surface area contributed by atoms with Gasteiger partial charge in [-0.15, -0.1) is 0 Å². The van der Waals surface area contributed by atoms with Crippen molar-refractivity contribution in [2.24, 2.45) is 7.05 Å². The fourth-order valence-corrected chi connectivity index (χ4v) is 2.36. The van der Waals surface area contributed by atoms with Crippen LogP contribution in [0.5, 0.6) is 5.75 Å². The molecule has 0 bridgehead atoms. The van der Waals surface area contributed by atoms with Crippen LogP contribution in [0.25, 0.3) is 17.2 Å². The molecule has 0 amide bonds. The van der Waals surface area contributed by atoms with Crippen molar-refractivity contribution in [1.82, 2.24) is 0 Å². The molecule has 4 rings (SSSR count). The van der Waals surface area contributed by atoms with Gasteiger partial charge in [-0.1, -0.05) is 24.3 Å². The third-order valence-electron chi connectivity index (χ3n) is 3.67. The Balaban J connectivity index is 0.000000242. The minimum atomic E-state index is -6.09. The van der Waals surface area contributed by atoms with E-state index < -0.39 is 15.6 Å². The van der Waals surface area contributed by atoms with E-state index in [1.54, 1.807) is 0 Å². The van der Waals surface area contributed by atoms with Crippen molar-refractivity contribution in [3.63, 3.8) is 0 Å². The molecule has 0 unspecified atom stereocenters. The van der Waals surface area contributed by atoms with Gasteiger partial charge in [-0.2, -0.15) is 17.7 Å². The number of nitrogens with zero attached hydrogens (tertiary/aromatic N) is 1. The highest BCUT2D eigenvalue weighted by Gasteiger charge is 2.36. The van der Waals surface area contributed by atoms with Gasteiger partial charge in [-0.05, 0) is 18.2 Å². The predicted octanol–water partition coefficient (Wildman–Crippen LogP) is 3.11. The van der Waals surface area contributed by atoms with Crippen molar-refractivity contribution >= 4 is 33.0 Å². The summed E-state index contributed by atoms with van der Waals surface area (Å²) < 4.78 is 72.5. The molecule has 1 aliphatic heterocycles. The van der Waals surface area contributed by atoms with Gasteiger partial charge in [0.25, 0.3) is 5.52 Å². The van der Waals surface area contributed by atoms with Gasteiger partial charge in [0, 0.05) is 6.07 Å². The lowest BCUT2D eigenvalue weighted by Gasteiger charge is -2.08. The molecule has 28 heavy (non-hydrogen) atoms. The molecule has 1 aromatic heterocycles. The summed E-state index contributed by atoms with van der Waals surface area (Å²) in [5, 5.41) is 3.22. The number of ether oxygens (including phenoxy) is 1. The monoisotopic (exact) mass is 414 g/mol. The third-order valence-corrected chi connectivity index (χ3v) is 4.24. The first-order valence-corrected chi connectivity index (χ1v) is 9.12. The van der Waals surface area contributed by atoms with Gasteiger partial charge < -0.3 is 19.0 Å². The van der Waals surface area contributed by atoms with Crippen molar-refractivity contribution < 1.29 is 39.9 Å². The van der Waals surface area contributed by atoms with Crippen LogP contribution in [-0.2, 0) is 17.2 Å². The lowest BCUT2D eigenvalue weighted by Crippen LogP contribution is -2.29. The number of halogens is 3. The molecular weight excluding hydrogens is 401 g/mol. The maximum absolute atomic E-state index is 10.7. The number of anilines is 1. The van der Waals surface area contributed by atoms with Crippen LogP contribution in [0.4, 0.5) is 18.9 Å². The number of oxazole rings is 1. The Hall–Kier alpha value is -3.05. The Kier molecular flexibility index (Phi) is 5.04. The fourth-order valence-electron chi connectivity index (χ4n) is 2.36. The molecule has 2 aromatic carbocycles. The third kappa shape index (κ3) is 4.10. The van der Waals surface area contributed by atoms with Crippen LogP contribution in [-0.4, -0.2) is 18.5 Å². The molecule has 2 heterocycles. The number of para-hydroxylation sites is 4. The van der Waals surface area contributed by atoms with Crippen molar-refractivity contribution in [2.45, 2.75) is 5.51 Å². The molecule has 0 fully saturated rings. The van der Waals surface area contributed by atoms with Crippen LogP contribution in [0.1, 0.15) is 5.89 Å². The van der Waals surface area contributed by atoms with E-state index in [1.165, 1.54) is 0 Å². The summed E-state index contributed by atoms with van der Waals surface area (Å²) in [5.41, 5.74) is -2.77. The first kappa shape index (κ1) is 19.7. The maximum atomic E-state index is 10.7.